The Morgan fingerprint density at radius 2 is 0.971 bits per heavy atom. The number of hydrogen-bond donors (Lipinski definition) is 0. The van der Waals surface area contributed by atoms with Crippen LogP contribution in [0.3, 0.4) is 0 Å². The number of para-hydroxylation sites is 1. The Labute approximate surface area is 204 Å². The molecule has 0 amide bonds. The second-order valence-electron chi connectivity index (χ2n) is 9.27. The van der Waals surface area contributed by atoms with Gasteiger partial charge >= 0.3 is 0 Å². The van der Waals surface area contributed by atoms with Crippen molar-refractivity contribution in [1.29, 1.82) is 0 Å². The molecule has 7 rings (SSSR count). The lowest BCUT2D eigenvalue weighted by atomic mass is 9.89. The van der Waals surface area contributed by atoms with Crippen molar-refractivity contribution in [3.63, 3.8) is 0 Å². The van der Waals surface area contributed by atoms with Crippen molar-refractivity contribution in [2.75, 3.05) is 0 Å². The largest absolute Gasteiger partial charge is 0.220 e. The molecule has 0 N–H and O–H groups in total. The highest BCUT2D eigenvalue weighted by atomic mass is 15.0. The Bertz CT molecular complexity index is 1780. The van der Waals surface area contributed by atoms with E-state index >= 15 is 0 Å². The van der Waals surface area contributed by atoms with Crippen LogP contribution in [0.5, 0.6) is 0 Å². The number of aryl methyl sites for hydroxylation is 1. The number of pyridine rings is 1. The van der Waals surface area contributed by atoms with Gasteiger partial charge in [0.05, 0.1) is 10.8 Å². The van der Waals surface area contributed by atoms with Gasteiger partial charge in [-0.1, -0.05) is 96.6 Å². The highest BCUT2D eigenvalue weighted by Crippen LogP contribution is 2.41. The third-order valence-corrected chi connectivity index (χ3v) is 7.15. The number of aromatic nitrogens is 1. The summed E-state index contributed by atoms with van der Waals surface area (Å²) in [5.74, 6) is 0. The minimum Gasteiger partial charge on any atom is -0.153 e. The van der Waals surface area contributed by atoms with Gasteiger partial charge in [-0.05, 0) is 46.2 Å². The van der Waals surface area contributed by atoms with E-state index in [2.05, 4.69) is 139 Å². The number of hydrogen-bond acceptors (Lipinski definition) is 0. The molecule has 0 spiro atoms. The fraction of sp³-hybridized carbons (Fsp3) is 0.0294. The molecule has 0 bridgehead atoms. The van der Waals surface area contributed by atoms with E-state index in [0.717, 1.165) is 0 Å². The highest BCUT2D eigenvalue weighted by Gasteiger charge is 2.26. The smallest absolute Gasteiger partial charge is 0.153 e. The molecule has 0 aliphatic rings. The van der Waals surface area contributed by atoms with Crippen LogP contribution in [0.2, 0.25) is 0 Å². The summed E-state index contributed by atoms with van der Waals surface area (Å²) < 4.78 is 2.43. The van der Waals surface area contributed by atoms with Gasteiger partial charge in [0.1, 0.15) is 0 Å². The van der Waals surface area contributed by atoms with E-state index in [1.807, 2.05) is 0 Å². The SMILES string of the molecule is Cc1ccc(-c2c3c4ccccc4ccc3[n+](-c3ccccc3)c3ccc4ccccc4c23)cc1. The van der Waals surface area contributed by atoms with Crippen LogP contribution in [0.25, 0.3) is 60.2 Å². The molecule has 0 fully saturated rings. The van der Waals surface area contributed by atoms with Gasteiger partial charge in [0, 0.05) is 29.8 Å². The van der Waals surface area contributed by atoms with Gasteiger partial charge in [-0.25, -0.2) is 0 Å². The van der Waals surface area contributed by atoms with Crippen LogP contribution in [-0.2, 0) is 0 Å². The zero-order valence-corrected chi connectivity index (χ0v) is 19.6. The molecular weight excluding hydrogens is 422 g/mol. The van der Waals surface area contributed by atoms with E-state index in [1.54, 1.807) is 0 Å². The van der Waals surface area contributed by atoms with E-state index in [0.29, 0.717) is 0 Å². The molecule has 0 radical (unpaired) electrons. The second-order valence-corrected chi connectivity index (χ2v) is 9.27. The standard InChI is InChI=1S/C34H24N/c1-23-15-17-26(18-16-23)32-33-28-13-7-5-9-24(28)19-21-30(33)35(27-11-3-2-4-12-27)31-22-20-25-10-6-8-14-29(25)34(31)32/h2-22H,1H3/q+1. The maximum Gasteiger partial charge on any atom is 0.220 e. The van der Waals surface area contributed by atoms with Gasteiger partial charge in [-0.15, -0.1) is 0 Å². The van der Waals surface area contributed by atoms with Crippen molar-refractivity contribution in [2.45, 2.75) is 6.92 Å². The van der Waals surface area contributed by atoms with Gasteiger partial charge in [0.2, 0.25) is 16.7 Å². The first-order chi connectivity index (χ1) is 17.3. The van der Waals surface area contributed by atoms with Crippen LogP contribution in [0.15, 0.2) is 127 Å². The van der Waals surface area contributed by atoms with Crippen molar-refractivity contribution in [3.8, 4) is 16.8 Å². The average molecular weight is 447 g/mol. The van der Waals surface area contributed by atoms with Crippen molar-refractivity contribution < 1.29 is 4.57 Å². The molecule has 7 aromatic rings. The molecule has 0 atom stereocenters. The van der Waals surface area contributed by atoms with Crippen molar-refractivity contribution in [3.05, 3.63) is 133 Å². The molecule has 0 aliphatic heterocycles. The van der Waals surface area contributed by atoms with E-state index < -0.39 is 0 Å². The molecule has 164 valence electrons. The van der Waals surface area contributed by atoms with Crippen LogP contribution in [0.4, 0.5) is 0 Å². The Hall–Kier alpha value is -4.49. The highest BCUT2D eigenvalue weighted by molar-refractivity contribution is 6.23. The second kappa shape index (κ2) is 7.78. The van der Waals surface area contributed by atoms with Crippen molar-refractivity contribution >= 4 is 43.4 Å². The van der Waals surface area contributed by atoms with Crippen molar-refractivity contribution in [2.24, 2.45) is 0 Å². The van der Waals surface area contributed by atoms with Gasteiger partial charge in [-0.3, -0.25) is 0 Å². The molecule has 6 aromatic carbocycles. The van der Waals surface area contributed by atoms with Gasteiger partial charge in [-0.2, -0.15) is 4.57 Å². The average Bonchev–Trinajstić information content (AvgIpc) is 2.92. The Kier molecular flexibility index (Phi) is 4.43. The quantitative estimate of drug-likeness (QED) is 0.142. The summed E-state index contributed by atoms with van der Waals surface area (Å²) in [6.45, 7) is 2.15. The third-order valence-electron chi connectivity index (χ3n) is 7.15. The van der Waals surface area contributed by atoms with Gasteiger partial charge in [0.15, 0.2) is 0 Å². The van der Waals surface area contributed by atoms with Crippen molar-refractivity contribution in [1.82, 2.24) is 0 Å². The lowest BCUT2D eigenvalue weighted by Gasteiger charge is -2.16. The summed E-state index contributed by atoms with van der Waals surface area (Å²) in [6, 6.07) is 46.3. The molecular formula is C34H24N+. The van der Waals surface area contributed by atoms with E-state index in [-0.39, 0.29) is 0 Å². The fourth-order valence-electron chi connectivity index (χ4n) is 5.54. The summed E-state index contributed by atoms with van der Waals surface area (Å²) >= 11 is 0. The summed E-state index contributed by atoms with van der Waals surface area (Å²) in [5, 5.41) is 7.65. The zero-order chi connectivity index (χ0) is 23.4. The third kappa shape index (κ3) is 3.05. The minimum absolute atomic E-state index is 1.17. The minimum atomic E-state index is 1.17. The van der Waals surface area contributed by atoms with Crippen LogP contribution in [-0.4, -0.2) is 0 Å². The first kappa shape index (κ1) is 19.9. The number of fused-ring (bicyclic) bond motifs is 6. The van der Waals surface area contributed by atoms with Gasteiger partial charge in [0.25, 0.3) is 0 Å². The van der Waals surface area contributed by atoms with Crippen LogP contribution < -0.4 is 4.57 Å². The van der Waals surface area contributed by atoms with Gasteiger partial charge < -0.3 is 0 Å². The molecule has 0 saturated heterocycles. The lowest BCUT2D eigenvalue weighted by molar-refractivity contribution is -0.537. The number of benzene rings is 6. The molecule has 1 nitrogen and oxygen atoms in total. The predicted molar refractivity (Wildman–Crippen MR) is 148 cm³/mol. The maximum absolute atomic E-state index is 2.43. The Morgan fingerprint density at radius 1 is 0.457 bits per heavy atom. The number of nitrogens with zero attached hydrogens (tertiary/aromatic N) is 1. The zero-order valence-electron chi connectivity index (χ0n) is 19.6. The molecule has 0 aliphatic carbocycles. The summed E-state index contributed by atoms with van der Waals surface area (Å²) in [6.07, 6.45) is 0. The monoisotopic (exact) mass is 446 g/mol. The fourth-order valence-corrected chi connectivity index (χ4v) is 5.54. The molecule has 1 heteroatoms. The maximum atomic E-state index is 2.43. The van der Waals surface area contributed by atoms with Crippen LogP contribution >= 0.6 is 0 Å². The number of rotatable bonds is 2. The van der Waals surface area contributed by atoms with Crippen LogP contribution in [0, 0.1) is 6.92 Å². The summed E-state index contributed by atoms with van der Waals surface area (Å²) in [7, 11) is 0. The molecule has 0 unspecified atom stereocenters. The molecule has 1 heterocycles. The normalized spacial score (nSPS) is 11.6. The first-order valence-electron chi connectivity index (χ1n) is 12.1. The van der Waals surface area contributed by atoms with E-state index in [4.69, 9.17) is 0 Å². The lowest BCUT2D eigenvalue weighted by Crippen LogP contribution is -2.33. The molecule has 35 heavy (non-hydrogen) atoms. The predicted octanol–water partition coefficient (Wildman–Crippen LogP) is 8.55. The van der Waals surface area contributed by atoms with Crippen LogP contribution in [0.1, 0.15) is 5.56 Å². The van der Waals surface area contributed by atoms with E-state index in [9.17, 15) is 0 Å². The van der Waals surface area contributed by atoms with E-state index in [1.165, 1.54) is 65.7 Å². The molecule has 1 aromatic heterocycles. The summed E-state index contributed by atoms with van der Waals surface area (Å²) in [5.41, 5.74) is 7.42. The topological polar surface area (TPSA) is 3.88 Å². The first-order valence-corrected chi connectivity index (χ1v) is 12.1. The molecule has 0 saturated carbocycles. The Balaban J connectivity index is 1.84. The summed E-state index contributed by atoms with van der Waals surface area (Å²) in [4.78, 5) is 0. The Morgan fingerprint density at radius 3 is 1.54 bits per heavy atom.